The first-order valence-corrected chi connectivity index (χ1v) is 9.45. The van der Waals surface area contributed by atoms with E-state index in [-0.39, 0.29) is 17.3 Å². The Morgan fingerprint density at radius 3 is 2.39 bits per heavy atom. The van der Waals surface area contributed by atoms with Crippen molar-refractivity contribution < 1.29 is 14.7 Å². The van der Waals surface area contributed by atoms with Gasteiger partial charge in [0, 0.05) is 0 Å². The van der Waals surface area contributed by atoms with Crippen LogP contribution >= 0.6 is 11.6 Å². The molecule has 156 valence electrons. The van der Waals surface area contributed by atoms with Crippen molar-refractivity contribution in [2.24, 2.45) is 0 Å². The zero-order chi connectivity index (χ0) is 22.0. The van der Waals surface area contributed by atoms with Gasteiger partial charge in [-0.25, -0.2) is 14.3 Å². The largest absolute Gasteiger partial charge is 0.504 e. The Labute approximate surface area is 181 Å². The summed E-state index contributed by atoms with van der Waals surface area (Å²) in [4.78, 5) is 28.8. The third kappa shape index (κ3) is 4.09. The predicted octanol–water partition coefficient (Wildman–Crippen LogP) is 2.20. The van der Waals surface area contributed by atoms with Crippen molar-refractivity contribution in [2.75, 3.05) is 0 Å². The number of carbonyl (C=O) groups excluding carboxylic acids is 2. The smallest absolute Gasteiger partial charge is 0.309 e. The van der Waals surface area contributed by atoms with E-state index in [0.29, 0.717) is 22.2 Å². The number of benzene rings is 2. The number of amides is 2. The maximum atomic E-state index is 12.4. The van der Waals surface area contributed by atoms with Crippen molar-refractivity contribution >= 4 is 23.4 Å². The third-order valence-electron chi connectivity index (χ3n) is 4.27. The fourth-order valence-corrected chi connectivity index (χ4v) is 3.02. The Hall–Kier alpha value is -4.18. The number of aromatic nitrogens is 5. The highest BCUT2D eigenvalue weighted by Gasteiger charge is 2.20. The van der Waals surface area contributed by atoms with Gasteiger partial charge in [-0.3, -0.25) is 20.4 Å². The first-order chi connectivity index (χ1) is 14.9. The second-order valence-electron chi connectivity index (χ2n) is 6.40. The molecular weight excluding hydrogens is 422 g/mol. The van der Waals surface area contributed by atoms with Crippen molar-refractivity contribution in [3.8, 4) is 17.1 Å². The van der Waals surface area contributed by atoms with Crippen LogP contribution in [0.5, 0.6) is 5.75 Å². The van der Waals surface area contributed by atoms with E-state index in [1.54, 1.807) is 55.5 Å². The molecule has 0 aliphatic carbocycles. The minimum atomic E-state index is -0.803. The lowest BCUT2D eigenvalue weighted by Crippen LogP contribution is -2.42. The van der Waals surface area contributed by atoms with E-state index in [1.165, 1.54) is 15.6 Å². The van der Waals surface area contributed by atoms with Crippen LogP contribution in [0.3, 0.4) is 0 Å². The summed E-state index contributed by atoms with van der Waals surface area (Å²) in [7, 11) is 0. The summed E-state index contributed by atoms with van der Waals surface area (Å²) in [5.41, 5.74) is 5.37. The monoisotopic (exact) mass is 437 g/mol. The van der Waals surface area contributed by atoms with Gasteiger partial charge in [-0.05, 0) is 31.2 Å². The van der Waals surface area contributed by atoms with Crippen LogP contribution in [-0.2, 0) is 0 Å². The summed E-state index contributed by atoms with van der Waals surface area (Å²) in [6, 6.07) is 15.9. The number of halogens is 1. The first-order valence-electron chi connectivity index (χ1n) is 9.07. The zero-order valence-corrected chi connectivity index (χ0v) is 16.9. The zero-order valence-electron chi connectivity index (χ0n) is 16.2. The van der Waals surface area contributed by atoms with Gasteiger partial charge in [-0.15, -0.1) is 5.10 Å². The van der Waals surface area contributed by atoms with Gasteiger partial charge < -0.3 is 5.11 Å². The van der Waals surface area contributed by atoms with E-state index >= 15 is 0 Å². The summed E-state index contributed by atoms with van der Waals surface area (Å²) in [5.74, 6) is -1.62. The molecule has 11 heteroatoms. The number of aromatic hydroxyl groups is 1. The van der Waals surface area contributed by atoms with E-state index in [2.05, 4.69) is 26.0 Å². The Morgan fingerprint density at radius 2 is 1.65 bits per heavy atom. The summed E-state index contributed by atoms with van der Waals surface area (Å²) >= 11 is 6.17. The Balaban J connectivity index is 1.46. The number of nitrogens with zero attached hydrogens (tertiary/aromatic N) is 5. The third-order valence-corrected chi connectivity index (χ3v) is 4.59. The van der Waals surface area contributed by atoms with Crippen LogP contribution in [0.25, 0.3) is 11.4 Å². The number of para-hydroxylation sites is 2. The molecule has 0 unspecified atom stereocenters. The molecule has 2 aromatic carbocycles. The van der Waals surface area contributed by atoms with Gasteiger partial charge >= 0.3 is 5.91 Å². The van der Waals surface area contributed by atoms with E-state index < -0.39 is 11.8 Å². The van der Waals surface area contributed by atoms with E-state index in [9.17, 15) is 14.7 Å². The molecule has 31 heavy (non-hydrogen) atoms. The average Bonchev–Trinajstić information content (AvgIpc) is 3.36. The molecule has 0 spiro atoms. The summed E-state index contributed by atoms with van der Waals surface area (Å²) in [5, 5.41) is 18.7. The van der Waals surface area contributed by atoms with Crippen LogP contribution in [0, 0.1) is 6.92 Å². The minimum absolute atomic E-state index is 0.170. The van der Waals surface area contributed by atoms with Crippen LogP contribution in [0.1, 0.15) is 26.9 Å². The molecule has 4 rings (SSSR count). The van der Waals surface area contributed by atoms with E-state index in [4.69, 9.17) is 11.6 Å². The molecular formula is C20H16ClN7O3. The van der Waals surface area contributed by atoms with Gasteiger partial charge in [0.2, 0.25) is 5.82 Å². The molecule has 0 bridgehead atoms. The molecule has 2 amide bonds. The maximum absolute atomic E-state index is 12.4. The van der Waals surface area contributed by atoms with Crippen LogP contribution in [0.2, 0.25) is 5.02 Å². The maximum Gasteiger partial charge on any atom is 0.309 e. The number of aryl methyl sites for hydroxylation is 1. The molecule has 10 nitrogen and oxygen atoms in total. The van der Waals surface area contributed by atoms with Gasteiger partial charge in [-0.1, -0.05) is 41.9 Å². The van der Waals surface area contributed by atoms with E-state index in [0.717, 1.165) is 0 Å². The van der Waals surface area contributed by atoms with Gasteiger partial charge in [-0.2, -0.15) is 5.10 Å². The fraction of sp³-hybridized carbons (Fsp3) is 0.0500. The number of carbonyl (C=O) groups is 2. The Morgan fingerprint density at radius 1 is 0.968 bits per heavy atom. The quantitative estimate of drug-likeness (QED) is 0.420. The molecule has 3 N–H and O–H groups in total. The lowest BCUT2D eigenvalue weighted by atomic mass is 10.3. The molecule has 0 atom stereocenters. The molecule has 4 aromatic rings. The van der Waals surface area contributed by atoms with Crippen LogP contribution in [0.15, 0.2) is 60.8 Å². The SMILES string of the molecule is Cc1nc(C(=O)NNC(=O)c2nn(-c3ccccc3)cc2O)nn1-c1ccccc1Cl. The van der Waals surface area contributed by atoms with Gasteiger partial charge in [0.1, 0.15) is 5.82 Å². The highest BCUT2D eigenvalue weighted by Crippen LogP contribution is 2.20. The lowest BCUT2D eigenvalue weighted by Gasteiger charge is -2.05. The highest BCUT2D eigenvalue weighted by molar-refractivity contribution is 6.32. The Kier molecular flexibility index (Phi) is 5.37. The number of nitrogens with one attached hydrogen (secondary N) is 2. The van der Waals surface area contributed by atoms with Crippen molar-refractivity contribution in [3.63, 3.8) is 0 Å². The van der Waals surface area contributed by atoms with Crippen molar-refractivity contribution in [1.82, 2.24) is 35.4 Å². The normalized spacial score (nSPS) is 10.6. The van der Waals surface area contributed by atoms with Crippen LogP contribution < -0.4 is 10.9 Å². The molecule has 0 fully saturated rings. The molecule has 0 aliphatic rings. The van der Waals surface area contributed by atoms with Crippen molar-refractivity contribution in [1.29, 1.82) is 0 Å². The van der Waals surface area contributed by atoms with Gasteiger partial charge in [0.05, 0.1) is 22.6 Å². The minimum Gasteiger partial charge on any atom is -0.504 e. The summed E-state index contributed by atoms with van der Waals surface area (Å²) in [6.07, 6.45) is 1.29. The number of rotatable bonds is 4. The van der Waals surface area contributed by atoms with Crippen LogP contribution in [0.4, 0.5) is 0 Å². The molecule has 2 aromatic heterocycles. The topological polar surface area (TPSA) is 127 Å². The summed E-state index contributed by atoms with van der Waals surface area (Å²) in [6.45, 7) is 1.67. The molecule has 2 heterocycles. The Bertz CT molecular complexity index is 1270. The summed E-state index contributed by atoms with van der Waals surface area (Å²) < 4.78 is 2.77. The van der Waals surface area contributed by atoms with Crippen LogP contribution in [-0.4, -0.2) is 41.5 Å². The number of hydrogen-bond donors (Lipinski definition) is 3. The standard InChI is InChI=1S/C20H16ClN7O3/c1-12-22-18(26-28(12)15-10-6-5-9-14(15)21)20(31)24-23-19(30)17-16(29)11-27(25-17)13-7-3-2-4-8-13/h2-11,29H,1H3,(H,23,30)(H,24,31). The molecule has 0 radical (unpaired) electrons. The molecule has 0 saturated carbocycles. The number of hydrogen-bond acceptors (Lipinski definition) is 6. The second kappa shape index (κ2) is 8.28. The number of hydrazine groups is 1. The lowest BCUT2D eigenvalue weighted by molar-refractivity contribution is 0.0836. The van der Waals surface area contributed by atoms with Gasteiger partial charge in [0.15, 0.2) is 11.4 Å². The van der Waals surface area contributed by atoms with Crippen molar-refractivity contribution in [2.45, 2.75) is 6.92 Å². The average molecular weight is 438 g/mol. The van der Waals surface area contributed by atoms with Crippen molar-refractivity contribution in [3.05, 3.63) is 83.2 Å². The van der Waals surface area contributed by atoms with Gasteiger partial charge in [0.25, 0.3) is 5.91 Å². The first kappa shape index (κ1) is 20.1. The van der Waals surface area contributed by atoms with E-state index in [1.807, 2.05) is 6.07 Å². The second-order valence-corrected chi connectivity index (χ2v) is 6.80. The highest BCUT2D eigenvalue weighted by atomic mass is 35.5. The fourth-order valence-electron chi connectivity index (χ4n) is 2.81. The predicted molar refractivity (Wildman–Crippen MR) is 111 cm³/mol. The molecule has 0 saturated heterocycles. The molecule has 0 aliphatic heterocycles.